The first kappa shape index (κ1) is 19.6. The Labute approximate surface area is 345 Å². The first-order chi connectivity index (χ1) is 34.4. The number of aromatic nitrogens is 4. The van der Waals surface area contributed by atoms with E-state index in [0.29, 0.717) is 33.9 Å². The van der Waals surface area contributed by atoms with Crippen molar-refractivity contribution in [3.63, 3.8) is 0 Å². The molecule has 0 aliphatic carbocycles. The van der Waals surface area contributed by atoms with Crippen molar-refractivity contribution in [1.29, 1.82) is 0 Å². The van der Waals surface area contributed by atoms with E-state index in [4.69, 9.17) is 31.7 Å². The van der Waals surface area contributed by atoms with Crippen LogP contribution in [0, 0.1) is 0 Å². The number of fused-ring (bicyclic) bond motifs is 6. The van der Waals surface area contributed by atoms with Crippen molar-refractivity contribution >= 4 is 43.7 Å². The molecule has 0 amide bonds. The molecule has 0 spiro atoms. The first-order valence-corrected chi connectivity index (χ1v) is 17.5. The van der Waals surface area contributed by atoms with Crippen LogP contribution >= 0.6 is 0 Å². The van der Waals surface area contributed by atoms with Crippen molar-refractivity contribution in [2.45, 2.75) is 0 Å². The Balaban J connectivity index is 1.16. The second-order valence-electron chi connectivity index (χ2n) is 12.8. The predicted molar refractivity (Wildman–Crippen MR) is 229 cm³/mol. The van der Waals surface area contributed by atoms with Gasteiger partial charge in [0.25, 0.3) is 0 Å². The summed E-state index contributed by atoms with van der Waals surface area (Å²) in [4.78, 5) is 14.6. The van der Waals surface area contributed by atoms with E-state index in [0.717, 1.165) is 20.9 Å². The standard InChI is InChI=1S/C51H32N4O/c1-3-12-33(13-4-1)34-22-26-40(27-23-34)55-45-20-9-7-18-41(45)42-28-24-37(31-46(42)55)36-16-11-17-38(30-36)50-52-49(35-14-5-2-6-15-35)53-51(54-50)39-25-29-44-43-19-8-10-21-47(43)56-48(44)32-39/h1-32H/i1D,3D,4D,7D,9D,12D,13D,18D,20D,22D,23D,24D,26D,27D,28D,31D. The molecule has 0 aliphatic heterocycles. The molecule has 11 rings (SSSR count). The SMILES string of the molecule is [2H]c1c([2H])c([2H])c(-c2c([2H])c([2H])c(-n3c4c([2H])c([2H])c([2H])c([2H])c4c4c([2H])c([2H])c(-c5cccc(-c6nc(-c7ccccc7)nc(-c7ccc8c(c7)oc7ccccc78)n6)c5)c([2H])c43)c([2H])c2[2H])c([2H])c1[2H]. The molecule has 11 aromatic rings. The van der Waals surface area contributed by atoms with Crippen molar-refractivity contribution in [2.75, 3.05) is 0 Å². The van der Waals surface area contributed by atoms with E-state index in [-0.39, 0.29) is 33.2 Å². The van der Waals surface area contributed by atoms with Crippen LogP contribution in [0.2, 0.25) is 0 Å². The Morgan fingerprint density at radius 1 is 0.393 bits per heavy atom. The van der Waals surface area contributed by atoms with Crippen LogP contribution in [0.15, 0.2) is 198 Å². The largest absolute Gasteiger partial charge is 0.456 e. The molecule has 3 aromatic heterocycles. The lowest BCUT2D eigenvalue weighted by molar-refractivity contribution is 0.669. The molecule has 0 bridgehead atoms. The Kier molecular flexibility index (Phi) is 4.57. The average Bonchev–Trinajstić information content (AvgIpc) is 3.95. The summed E-state index contributed by atoms with van der Waals surface area (Å²) in [7, 11) is 0. The summed E-state index contributed by atoms with van der Waals surface area (Å²) < 4.78 is 150. The minimum absolute atomic E-state index is 0.160. The van der Waals surface area contributed by atoms with Crippen molar-refractivity contribution in [1.82, 2.24) is 19.5 Å². The van der Waals surface area contributed by atoms with Crippen molar-refractivity contribution in [2.24, 2.45) is 0 Å². The Morgan fingerprint density at radius 2 is 1.02 bits per heavy atom. The molecule has 262 valence electrons. The van der Waals surface area contributed by atoms with Gasteiger partial charge in [-0.2, -0.15) is 0 Å². The molecule has 5 nitrogen and oxygen atoms in total. The number of hydrogen-bond acceptors (Lipinski definition) is 4. The van der Waals surface area contributed by atoms with Crippen LogP contribution in [0.25, 0.3) is 106 Å². The molecule has 0 N–H and O–H groups in total. The van der Waals surface area contributed by atoms with Crippen LogP contribution in [-0.2, 0) is 0 Å². The molecule has 56 heavy (non-hydrogen) atoms. The molecule has 0 fully saturated rings. The lowest BCUT2D eigenvalue weighted by atomic mass is 10.0. The van der Waals surface area contributed by atoms with E-state index in [2.05, 4.69) is 0 Å². The Morgan fingerprint density at radius 3 is 1.86 bits per heavy atom. The minimum Gasteiger partial charge on any atom is -0.456 e. The zero-order valence-electron chi connectivity index (χ0n) is 44.9. The van der Waals surface area contributed by atoms with Crippen LogP contribution in [-0.4, -0.2) is 19.5 Å². The van der Waals surface area contributed by atoms with E-state index >= 15 is 0 Å². The number of hydrogen-bond donors (Lipinski definition) is 0. The summed E-state index contributed by atoms with van der Waals surface area (Å²) in [5, 5.41) is 1.24. The van der Waals surface area contributed by atoms with Gasteiger partial charge in [-0.1, -0.05) is 145 Å². The molecule has 0 saturated carbocycles. The average molecular weight is 733 g/mol. The molecular formula is C51H32N4O. The lowest BCUT2D eigenvalue weighted by Crippen LogP contribution is -2.00. The van der Waals surface area contributed by atoms with Crippen LogP contribution in [0.3, 0.4) is 0 Å². The zero-order valence-corrected chi connectivity index (χ0v) is 28.9. The van der Waals surface area contributed by atoms with E-state index in [1.54, 1.807) is 24.3 Å². The molecule has 0 unspecified atom stereocenters. The number of furan rings is 1. The van der Waals surface area contributed by atoms with Gasteiger partial charge in [0.2, 0.25) is 0 Å². The van der Waals surface area contributed by atoms with Crippen molar-refractivity contribution in [3.05, 3.63) is 194 Å². The first-order valence-electron chi connectivity index (χ1n) is 25.5. The van der Waals surface area contributed by atoms with Crippen LogP contribution in [0.5, 0.6) is 0 Å². The van der Waals surface area contributed by atoms with Crippen molar-refractivity contribution < 1.29 is 26.3 Å². The highest BCUT2D eigenvalue weighted by Gasteiger charge is 2.17. The number of benzene rings is 8. The highest BCUT2D eigenvalue weighted by atomic mass is 16.3. The van der Waals surface area contributed by atoms with Gasteiger partial charge in [0.1, 0.15) is 11.2 Å². The summed E-state index contributed by atoms with van der Waals surface area (Å²) in [5.41, 5.74) is 0.506. The Hall–Kier alpha value is -7.63. The van der Waals surface area contributed by atoms with Gasteiger partial charge in [-0.15, -0.1) is 0 Å². The normalized spacial score (nSPS) is 15.6. The topological polar surface area (TPSA) is 56.7 Å². The van der Waals surface area contributed by atoms with Gasteiger partial charge >= 0.3 is 0 Å². The molecular weight excluding hydrogens is 685 g/mol. The number of para-hydroxylation sites is 2. The summed E-state index contributed by atoms with van der Waals surface area (Å²) in [6.45, 7) is 0. The molecule has 8 aromatic carbocycles. The number of rotatable bonds is 6. The van der Waals surface area contributed by atoms with Crippen LogP contribution in [0.4, 0.5) is 0 Å². The maximum atomic E-state index is 9.89. The number of nitrogens with zero attached hydrogens (tertiary/aromatic N) is 4. The lowest BCUT2D eigenvalue weighted by Gasteiger charge is -2.11. The second-order valence-corrected chi connectivity index (χ2v) is 12.8. The van der Waals surface area contributed by atoms with E-state index < -0.39 is 119 Å². The highest BCUT2D eigenvalue weighted by Crippen LogP contribution is 2.37. The van der Waals surface area contributed by atoms with Crippen molar-refractivity contribution in [3.8, 4) is 62.1 Å². The fraction of sp³-hybridized carbons (Fsp3) is 0. The van der Waals surface area contributed by atoms with Gasteiger partial charge in [0, 0.05) is 43.9 Å². The van der Waals surface area contributed by atoms with Gasteiger partial charge in [0.15, 0.2) is 17.5 Å². The summed E-state index contributed by atoms with van der Waals surface area (Å²) in [6.07, 6.45) is 0. The maximum absolute atomic E-state index is 9.89. The monoisotopic (exact) mass is 732 g/mol. The van der Waals surface area contributed by atoms with Gasteiger partial charge in [-0.3, -0.25) is 0 Å². The summed E-state index contributed by atoms with van der Waals surface area (Å²) in [6, 6.07) is 17.5. The zero-order chi connectivity index (χ0) is 50.9. The Bertz CT molecular complexity index is 4140. The molecule has 0 aliphatic rings. The van der Waals surface area contributed by atoms with Gasteiger partial charge in [-0.05, 0) is 70.7 Å². The summed E-state index contributed by atoms with van der Waals surface area (Å²) in [5.74, 6) is 0.854. The second kappa shape index (κ2) is 13.0. The molecule has 5 heteroatoms. The molecule has 0 radical (unpaired) electrons. The van der Waals surface area contributed by atoms with Crippen LogP contribution < -0.4 is 0 Å². The van der Waals surface area contributed by atoms with Gasteiger partial charge < -0.3 is 8.98 Å². The minimum atomic E-state index is -0.855. The highest BCUT2D eigenvalue weighted by molar-refractivity contribution is 6.10. The third kappa shape index (κ3) is 5.45. The molecule has 0 saturated heterocycles. The van der Waals surface area contributed by atoms with E-state index in [1.807, 2.05) is 72.8 Å². The third-order valence-electron chi connectivity index (χ3n) is 9.46. The molecule has 3 heterocycles. The quantitative estimate of drug-likeness (QED) is 0.171. The molecule has 0 atom stereocenters. The smallest absolute Gasteiger partial charge is 0.164 e. The summed E-state index contributed by atoms with van der Waals surface area (Å²) >= 11 is 0. The van der Waals surface area contributed by atoms with Gasteiger partial charge in [-0.25, -0.2) is 15.0 Å². The van der Waals surface area contributed by atoms with E-state index in [1.165, 1.54) is 0 Å². The predicted octanol–water partition coefficient (Wildman–Crippen LogP) is 13.2. The van der Waals surface area contributed by atoms with Gasteiger partial charge in [0.05, 0.1) is 33.0 Å². The third-order valence-corrected chi connectivity index (χ3v) is 9.46. The fourth-order valence-electron chi connectivity index (χ4n) is 6.83. The maximum Gasteiger partial charge on any atom is 0.164 e. The van der Waals surface area contributed by atoms with Crippen LogP contribution in [0.1, 0.15) is 21.9 Å². The van der Waals surface area contributed by atoms with E-state index in [9.17, 15) is 9.60 Å². The fourth-order valence-corrected chi connectivity index (χ4v) is 6.83.